The van der Waals surface area contributed by atoms with Crippen LogP contribution >= 0.6 is 0 Å². The maximum absolute atomic E-state index is 8.72. The summed E-state index contributed by atoms with van der Waals surface area (Å²) >= 11 is 0. The minimum Gasteiger partial charge on any atom is -0.512 e. The molecule has 17 heavy (non-hydrogen) atoms. The summed E-state index contributed by atoms with van der Waals surface area (Å²) in [5.74, 6) is 0.478. The lowest BCUT2D eigenvalue weighted by molar-refractivity contribution is 0.288. The minimum absolute atomic E-state index is 0.478. The van der Waals surface area contributed by atoms with E-state index in [1.54, 1.807) is 6.07 Å². The van der Waals surface area contributed by atoms with Crippen molar-refractivity contribution in [3.8, 4) is 5.75 Å². The van der Waals surface area contributed by atoms with Gasteiger partial charge in [-0.1, -0.05) is 25.0 Å². The molecule has 0 unspecified atom stereocenters. The average molecular weight is 235 g/mol. The lowest BCUT2D eigenvalue weighted by atomic mass is 10.1. The van der Waals surface area contributed by atoms with Gasteiger partial charge in [0.15, 0.2) is 0 Å². The first-order chi connectivity index (χ1) is 8.24. The zero-order valence-electron chi connectivity index (χ0n) is 9.80. The van der Waals surface area contributed by atoms with Gasteiger partial charge in [-0.2, -0.15) is 0 Å². The molecule has 1 aliphatic carbocycles. The van der Waals surface area contributed by atoms with Crippen molar-refractivity contribution in [3.63, 3.8) is 0 Å². The van der Waals surface area contributed by atoms with Gasteiger partial charge < -0.3 is 20.0 Å². The van der Waals surface area contributed by atoms with Crippen molar-refractivity contribution >= 4 is 7.32 Å². The van der Waals surface area contributed by atoms with Gasteiger partial charge in [-0.25, -0.2) is 0 Å². The first-order valence-corrected chi connectivity index (χ1v) is 6.09. The molecule has 1 fully saturated rings. The van der Waals surface area contributed by atoms with Gasteiger partial charge in [0.25, 0.3) is 0 Å². The summed E-state index contributed by atoms with van der Waals surface area (Å²) in [7, 11) is -1.76. The number of rotatable bonds is 5. The fraction of sp³-hybridized carbons (Fsp3) is 0.500. The summed E-state index contributed by atoms with van der Waals surface area (Å²) in [5.41, 5.74) is 1.09. The molecule has 3 N–H and O–H groups in total. The van der Waals surface area contributed by atoms with E-state index in [4.69, 9.17) is 14.7 Å². The molecular formula is C12H18BNO3. The summed E-state index contributed by atoms with van der Waals surface area (Å²) in [6.07, 6.45) is 5.14. The third-order valence-electron chi connectivity index (χ3n) is 3.09. The molecule has 4 nitrogen and oxygen atoms in total. The van der Waals surface area contributed by atoms with Crippen LogP contribution in [-0.2, 0) is 6.54 Å². The van der Waals surface area contributed by atoms with Crippen LogP contribution in [0.1, 0.15) is 31.2 Å². The van der Waals surface area contributed by atoms with Crippen LogP contribution in [0.5, 0.6) is 5.75 Å². The SMILES string of the molecule is OB(O)Oc1cccc(CNC2CCCC2)c1. The van der Waals surface area contributed by atoms with E-state index in [-0.39, 0.29) is 0 Å². The van der Waals surface area contributed by atoms with E-state index in [9.17, 15) is 0 Å². The molecule has 5 heteroatoms. The zero-order valence-corrected chi connectivity index (χ0v) is 9.80. The highest BCUT2D eigenvalue weighted by atomic mass is 16.6. The molecule has 1 aromatic rings. The second kappa shape index (κ2) is 6.05. The van der Waals surface area contributed by atoms with Crippen molar-refractivity contribution in [1.29, 1.82) is 0 Å². The van der Waals surface area contributed by atoms with Crippen LogP contribution in [0.2, 0.25) is 0 Å². The van der Waals surface area contributed by atoms with Crippen LogP contribution in [0.25, 0.3) is 0 Å². The predicted octanol–water partition coefficient (Wildman–Crippen LogP) is 1.07. The molecular weight excluding hydrogens is 217 g/mol. The molecule has 1 saturated carbocycles. The Bertz CT molecular complexity index is 353. The second-order valence-electron chi connectivity index (χ2n) is 4.45. The summed E-state index contributed by atoms with van der Waals surface area (Å²) in [6, 6.07) is 8.00. The maximum Gasteiger partial charge on any atom is 0.707 e. The largest absolute Gasteiger partial charge is 0.707 e. The normalized spacial score (nSPS) is 16.1. The molecule has 0 heterocycles. The van der Waals surface area contributed by atoms with Crippen molar-refractivity contribution in [1.82, 2.24) is 5.32 Å². The van der Waals surface area contributed by atoms with Crippen LogP contribution in [0.4, 0.5) is 0 Å². The van der Waals surface area contributed by atoms with E-state index in [2.05, 4.69) is 5.32 Å². The Kier molecular flexibility index (Phi) is 4.42. The Morgan fingerprint density at radius 1 is 1.29 bits per heavy atom. The summed E-state index contributed by atoms with van der Waals surface area (Å²) in [4.78, 5) is 0. The van der Waals surface area contributed by atoms with Crippen LogP contribution in [0.3, 0.4) is 0 Å². The predicted molar refractivity (Wildman–Crippen MR) is 66.4 cm³/mol. The van der Waals surface area contributed by atoms with Crippen LogP contribution < -0.4 is 9.97 Å². The van der Waals surface area contributed by atoms with E-state index >= 15 is 0 Å². The maximum atomic E-state index is 8.72. The highest BCUT2D eigenvalue weighted by Gasteiger charge is 2.14. The molecule has 92 valence electrons. The first kappa shape index (κ1) is 12.4. The molecule has 0 atom stereocenters. The average Bonchev–Trinajstić information content (AvgIpc) is 2.79. The van der Waals surface area contributed by atoms with E-state index in [0.29, 0.717) is 11.8 Å². The number of hydrogen-bond donors (Lipinski definition) is 3. The first-order valence-electron chi connectivity index (χ1n) is 6.09. The van der Waals surface area contributed by atoms with Crippen molar-refractivity contribution in [3.05, 3.63) is 29.8 Å². The fourth-order valence-electron chi connectivity index (χ4n) is 2.24. The van der Waals surface area contributed by atoms with E-state index < -0.39 is 7.32 Å². The Balaban J connectivity index is 1.86. The van der Waals surface area contributed by atoms with Gasteiger partial charge in [0.1, 0.15) is 5.75 Å². The van der Waals surface area contributed by atoms with Gasteiger partial charge in [-0.15, -0.1) is 0 Å². The topological polar surface area (TPSA) is 61.7 Å². The quantitative estimate of drug-likeness (QED) is 0.668. The smallest absolute Gasteiger partial charge is 0.512 e. The highest BCUT2D eigenvalue weighted by molar-refractivity contribution is 6.33. The van der Waals surface area contributed by atoms with Gasteiger partial charge in [-0.3, -0.25) is 0 Å². The Hall–Kier alpha value is -1.04. The molecule has 0 spiro atoms. The fourth-order valence-corrected chi connectivity index (χ4v) is 2.24. The van der Waals surface area contributed by atoms with Gasteiger partial charge in [0.05, 0.1) is 0 Å². The van der Waals surface area contributed by atoms with Gasteiger partial charge in [-0.05, 0) is 30.5 Å². The molecule has 0 aromatic heterocycles. The van der Waals surface area contributed by atoms with Crippen LogP contribution in [-0.4, -0.2) is 23.4 Å². The van der Waals surface area contributed by atoms with Crippen molar-refractivity contribution < 1.29 is 14.7 Å². The molecule has 0 aliphatic heterocycles. The van der Waals surface area contributed by atoms with Gasteiger partial charge >= 0.3 is 7.32 Å². The molecule has 0 bridgehead atoms. The summed E-state index contributed by atoms with van der Waals surface area (Å²) in [5, 5.41) is 20.9. The molecule has 0 saturated heterocycles. The molecule has 0 amide bonds. The summed E-state index contributed by atoms with van der Waals surface area (Å²) in [6.45, 7) is 0.795. The minimum atomic E-state index is -1.76. The highest BCUT2D eigenvalue weighted by Crippen LogP contribution is 2.19. The van der Waals surface area contributed by atoms with Crippen LogP contribution in [0, 0.1) is 0 Å². The monoisotopic (exact) mass is 235 g/mol. The van der Waals surface area contributed by atoms with Gasteiger partial charge in [0.2, 0.25) is 0 Å². The lowest BCUT2D eigenvalue weighted by Crippen LogP contribution is -2.25. The summed E-state index contributed by atoms with van der Waals surface area (Å²) < 4.78 is 4.81. The Morgan fingerprint density at radius 3 is 2.76 bits per heavy atom. The van der Waals surface area contributed by atoms with E-state index in [1.807, 2.05) is 18.2 Å². The van der Waals surface area contributed by atoms with Crippen LogP contribution in [0.15, 0.2) is 24.3 Å². The van der Waals surface area contributed by atoms with Crippen molar-refractivity contribution in [2.45, 2.75) is 38.3 Å². The van der Waals surface area contributed by atoms with Crippen molar-refractivity contribution in [2.24, 2.45) is 0 Å². The van der Waals surface area contributed by atoms with E-state index in [1.165, 1.54) is 25.7 Å². The molecule has 2 rings (SSSR count). The second-order valence-corrected chi connectivity index (χ2v) is 4.45. The number of nitrogens with one attached hydrogen (secondary N) is 1. The Labute approximate surface area is 102 Å². The van der Waals surface area contributed by atoms with Gasteiger partial charge in [0, 0.05) is 12.6 Å². The third kappa shape index (κ3) is 4.04. The standard InChI is InChI=1S/C12H18BNO3/c15-13(16)17-12-7-3-4-10(8-12)9-14-11-5-1-2-6-11/h3-4,7-8,11,14-16H,1-2,5-6,9H2. The van der Waals surface area contributed by atoms with Crippen molar-refractivity contribution in [2.75, 3.05) is 0 Å². The molecule has 1 aromatic carbocycles. The molecule has 0 radical (unpaired) electrons. The number of benzene rings is 1. The third-order valence-corrected chi connectivity index (χ3v) is 3.09. The lowest BCUT2D eigenvalue weighted by Gasteiger charge is -2.12. The zero-order chi connectivity index (χ0) is 12.1. The number of hydrogen-bond acceptors (Lipinski definition) is 4. The molecule has 1 aliphatic rings. The van der Waals surface area contributed by atoms with E-state index in [0.717, 1.165) is 12.1 Å². The Morgan fingerprint density at radius 2 is 2.06 bits per heavy atom.